The summed E-state index contributed by atoms with van der Waals surface area (Å²) in [6.07, 6.45) is 0. The summed E-state index contributed by atoms with van der Waals surface area (Å²) in [5.74, 6) is 0. The van der Waals surface area contributed by atoms with E-state index >= 15 is 0 Å². The second-order valence-corrected chi connectivity index (χ2v) is 12.4. The average Bonchev–Trinajstić information content (AvgIpc) is 2.68. The van der Waals surface area contributed by atoms with E-state index in [0.717, 1.165) is 16.4 Å². The molecular formula is C24H20ClNSi. The number of halogens is 1. The Kier molecular flexibility index (Phi) is 3.68. The first-order valence-electron chi connectivity index (χ1n) is 9.24. The summed E-state index contributed by atoms with van der Waals surface area (Å²) in [5.41, 5.74) is 4.76. The molecule has 1 aliphatic rings. The number of hydrogen-bond acceptors (Lipinski definition) is 1. The first-order valence-corrected chi connectivity index (χ1v) is 12.6. The van der Waals surface area contributed by atoms with Gasteiger partial charge in [-0.15, -0.1) is 0 Å². The van der Waals surface area contributed by atoms with Crippen LogP contribution in [0.4, 0.5) is 11.4 Å². The van der Waals surface area contributed by atoms with Gasteiger partial charge in [0.1, 0.15) is 8.07 Å². The maximum atomic E-state index is 6.34. The van der Waals surface area contributed by atoms with Crippen molar-refractivity contribution in [3.8, 4) is 11.1 Å². The normalized spacial score (nSPS) is 14.0. The molecular weight excluding hydrogens is 366 g/mol. The van der Waals surface area contributed by atoms with Crippen LogP contribution in [0.5, 0.6) is 0 Å². The molecule has 1 N–H and O–H groups in total. The van der Waals surface area contributed by atoms with Crippen molar-refractivity contribution >= 4 is 52.2 Å². The summed E-state index contributed by atoms with van der Waals surface area (Å²) in [6.45, 7) is 4.91. The number of anilines is 2. The highest BCUT2D eigenvalue weighted by molar-refractivity contribution is 7.03. The number of para-hydroxylation sites is 1. The Morgan fingerprint density at radius 2 is 1.52 bits per heavy atom. The van der Waals surface area contributed by atoms with E-state index < -0.39 is 8.07 Å². The lowest BCUT2D eigenvalue weighted by atomic mass is 9.97. The molecule has 1 heterocycles. The van der Waals surface area contributed by atoms with E-state index in [1.165, 1.54) is 32.3 Å². The molecule has 0 spiro atoms. The minimum atomic E-state index is -1.80. The zero-order valence-corrected chi connectivity index (χ0v) is 17.1. The number of fused-ring (bicyclic) bond motifs is 2. The molecule has 0 aliphatic carbocycles. The van der Waals surface area contributed by atoms with Crippen molar-refractivity contribution in [1.82, 2.24) is 0 Å². The third kappa shape index (κ3) is 2.52. The maximum Gasteiger partial charge on any atom is 0.113 e. The number of nitrogens with one attached hydrogen (secondary N) is 1. The minimum Gasteiger partial charge on any atom is -0.354 e. The monoisotopic (exact) mass is 385 g/mol. The van der Waals surface area contributed by atoms with Crippen LogP contribution in [0.15, 0.2) is 78.9 Å². The van der Waals surface area contributed by atoms with Crippen LogP contribution in [-0.2, 0) is 0 Å². The number of rotatable bonds is 2. The molecule has 1 aliphatic heterocycles. The van der Waals surface area contributed by atoms with Gasteiger partial charge in [-0.3, -0.25) is 0 Å². The van der Waals surface area contributed by atoms with Gasteiger partial charge in [-0.2, -0.15) is 0 Å². The van der Waals surface area contributed by atoms with E-state index in [1.54, 1.807) is 0 Å². The van der Waals surface area contributed by atoms with Crippen LogP contribution < -0.4 is 15.7 Å². The van der Waals surface area contributed by atoms with Gasteiger partial charge >= 0.3 is 0 Å². The average molecular weight is 386 g/mol. The van der Waals surface area contributed by atoms with Crippen molar-refractivity contribution in [2.45, 2.75) is 13.1 Å². The lowest BCUT2D eigenvalue weighted by Crippen LogP contribution is -2.55. The summed E-state index contributed by atoms with van der Waals surface area (Å²) < 4.78 is 0. The molecule has 0 bridgehead atoms. The van der Waals surface area contributed by atoms with Gasteiger partial charge in [0.05, 0.1) is 10.7 Å². The van der Waals surface area contributed by atoms with E-state index in [1.807, 2.05) is 24.3 Å². The Balaban J connectivity index is 1.71. The quantitative estimate of drug-likeness (QED) is 0.415. The molecule has 132 valence electrons. The third-order valence-corrected chi connectivity index (χ3v) is 9.57. The largest absolute Gasteiger partial charge is 0.354 e. The van der Waals surface area contributed by atoms with Gasteiger partial charge in [0.2, 0.25) is 0 Å². The molecule has 0 radical (unpaired) electrons. The van der Waals surface area contributed by atoms with Gasteiger partial charge in [0.25, 0.3) is 0 Å². The molecule has 4 aromatic rings. The molecule has 0 saturated heterocycles. The Morgan fingerprint density at radius 1 is 0.741 bits per heavy atom. The third-order valence-electron chi connectivity index (χ3n) is 5.71. The molecule has 0 atom stereocenters. The maximum absolute atomic E-state index is 6.34. The van der Waals surface area contributed by atoms with E-state index in [0.29, 0.717) is 0 Å². The Morgan fingerprint density at radius 3 is 2.33 bits per heavy atom. The zero-order chi connectivity index (χ0) is 18.6. The van der Waals surface area contributed by atoms with Crippen LogP contribution >= 0.6 is 11.6 Å². The van der Waals surface area contributed by atoms with E-state index in [2.05, 4.69) is 73.0 Å². The minimum absolute atomic E-state index is 0.738. The van der Waals surface area contributed by atoms with E-state index in [9.17, 15) is 0 Å². The van der Waals surface area contributed by atoms with Gasteiger partial charge in [-0.05, 0) is 56.5 Å². The lowest BCUT2D eigenvalue weighted by Gasteiger charge is -2.34. The highest BCUT2D eigenvalue weighted by atomic mass is 35.5. The molecule has 0 unspecified atom stereocenters. The number of benzene rings is 4. The molecule has 4 aromatic carbocycles. The SMILES string of the molecule is C[Si]1(C)c2cc(Nc3ccccc3Cl)ccc2-c2cccc3cccc1c23. The van der Waals surface area contributed by atoms with Crippen molar-refractivity contribution in [1.29, 1.82) is 0 Å². The second-order valence-electron chi connectivity index (χ2n) is 7.70. The molecule has 3 heteroatoms. The topological polar surface area (TPSA) is 12.0 Å². The summed E-state index contributed by atoms with van der Waals surface area (Å²) in [7, 11) is -1.80. The molecule has 27 heavy (non-hydrogen) atoms. The second kappa shape index (κ2) is 5.98. The van der Waals surface area contributed by atoms with Crippen molar-refractivity contribution < 1.29 is 0 Å². The van der Waals surface area contributed by atoms with Crippen LogP contribution in [-0.4, -0.2) is 8.07 Å². The number of hydrogen-bond donors (Lipinski definition) is 1. The first kappa shape index (κ1) is 16.6. The molecule has 5 rings (SSSR count). The summed E-state index contributed by atoms with van der Waals surface area (Å²) in [6, 6.07) is 28.1. The van der Waals surface area contributed by atoms with E-state index in [4.69, 9.17) is 11.6 Å². The van der Waals surface area contributed by atoms with Gasteiger partial charge in [0.15, 0.2) is 0 Å². The fourth-order valence-electron chi connectivity index (χ4n) is 4.32. The van der Waals surface area contributed by atoms with Gasteiger partial charge < -0.3 is 5.32 Å². The Bertz CT molecular complexity index is 1190. The first-order chi connectivity index (χ1) is 13.1. The molecule has 0 fully saturated rings. The predicted molar refractivity (Wildman–Crippen MR) is 121 cm³/mol. The van der Waals surface area contributed by atoms with E-state index in [-0.39, 0.29) is 0 Å². The standard InChI is InChI=1S/C24H20ClNSi/c1-27(2)22-12-6-8-16-7-5-9-19(24(16)22)18-14-13-17(15-23(18)27)26-21-11-4-3-10-20(21)25/h3-15,26H,1-2H3. The smallest absolute Gasteiger partial charge is 0.113 e. The van der Waals surface area contributed by atoms with Crippen LogP contribution in [0.1, 0.15) is 0 Å². The van der Waals surface area contributed by atoms with Gasteiger partial charge in [-0.25, -0.2) is 0 Å². The van der Waals surface area contributed by atoms with Crippen molar-refractivity contribution in [2.75, 3.05) is 5.32 Å². The molecule has 0 aromatic heterocycles. The fourth-order valence-corrected chi connectivity index (χ4v) is 7.62. The van der Waals surface area contributed by atoms with Crippen molar-refractivity contribution in [3.05, 3.63) is 83.9 Å². The molecule has 1 nitrogen and oxygen atoms in total. The predicted octanol–water partition coefficient (Wildman–Crippen LogP) is 6.04. The van der Waals surface area contributed by atoms with Gasteiger partial charge in [-0.1, -0.05) is 79.3 Å². The fraction of sp³-hybridized carbons (Fsp3) is 0.0833. The summed E-state index contributed by atoms with van der Waals surface area (Å²) >= 11 is 6.34. The van der Waals surface area contributed by atoms with Crippen molar-refractivity contribution in [2.24, 2.45) is 0 Å². The Hall–Kier alpha value is -2.55. The van der Waals surface area contributed by atoms with Crippen LogP contribution in [0, 0.1) is 0 Å². The zero-order valence-electron chi connectivity index (χ0n) is 15.4. The molecule has 0 saturated carbocycles. The highest BCUT2D eigenvalue weighted by Crippen LogP contribution is 2.35. The summed E-state index contributed by atoms with van der Waals surface area (Å²) in [4.78, 5) is 0. The lowest BCUT2D eigenvalue weighted by molar-refractivity contribution is 1.55. The van der Waals surface area contributed by atoms with Crippen LogP contribution in [0.25, 0.3) is 21.9 Å². The van der Waals surface area contributed by atoms with Gasteiger partial charge in [0, 0.05) is 5.69 Å². The summed E-state index contributed by atoms with van der Waals surface area (Å²) in [5, 5.41) is 10.0. The molecule has 0 amide bonds. The van der Waals surface area contributed by atoms with Crippen LogP contribution in [0.2, 0.25) is 18.1 Å². The Labute approximate surface area is 165 Å². The van der Waals surface area contributed by atoms with Crippen molar-refractivity contribution in [3.63, 3.8) is 0 Å². The van der Waals surface area contributed by atoms with Crippen LogP contribution in [0.3, 0.4) is 0 Å². The highest BCUT2D eigenvalue weighted by Gasteiger charge is 2.35.